The van der Waals surface area contributed by atoms with E-state index in [0.717, 1.165) is 68.0 Å². The number of hydrogen-bond acceptors (Lipinski definition) is 7. The van der Waals surface area contributed by atoms with Crippen LogP contribution in [0.1, 0.15) is 56.5 Å². The highest BCUT2D eigenvalue weighted by Crippen LogP contribution is 2.50. The number of likely N-dealkylation sites (N-methyl/N-ethyl adjacent to an activating group) is 1. The van der Waals surface area contributed by atoms with Gasteiger partial charge in [-0.05, 0) is 89.1 Å². The van der Waals surface area contributed by atoms with Crippen LogP contribution in [0, 0.1) is 11.8 Å². The van der Waals surface area contributed by atoms with Crippen LogP contribution in [0.4, 0.5) is 10.6 Å². The Morgan fingerprint density at radius 3 is 2.49 bits per heavy atom. The molecule has 0 N–H and O–H groups in total. The molecule has 2 unspecified atom stereocenters. The van der Waals surface area contributed by atoms with Crippen molar-refractivity contribution < 1.29 is 19.1 Å². The van der Waals surface area contributed by atoms with Crippen molar-refractivity contribution in [1.29, 1.82) is 0 Å². The minimum absolute atomic E-state index is 0.201. The monoisotopic (exact) mass is 534 g/mol. The Kier molecular flexibility index (Phi) is 7.96. The maximum atomic E-state index is 12.8. The van der Waals surface area contributed by atoms with E-state index in [4.69, 9.17) is 14.5 Å². The third-order valence-electron chi connectivity index (χ3n) is 8.26. The maximum Gasteiger partial charge on any atom is 0.416 e. The number of rotatable bonds is 8. The number of amides is 1. The second-order valence-electron chi connectivity index (χ2n) is 12.2. The van der Waals surface area contributed by atoms with E-state index in [-0.39, 0.29) is 18.1 Å². The Hall–Kier alpha value is -2.97. The molecule has 1 aromatic heterocycles. The number of pyridine rings is 1. The van der Waals surface area contributed by atoms with E-state index >= 15 is 0 Å². The van der Waals surface area contributed by atoms with Crippen LogP contribution in [0.25, 0.3) is 0 Å². The number of likely N-dealkylation sites (tertiary alicyclic amines) is 1. The summed E-state index contributed by atoms with van der Waals surface area (Å²) in [5.74, 6) is 1.75. The standard InChI is InChI=1S/C31H42N4O4/c1-31(2,3)39-30(37)35-18-9-13-22-15-16-23(32-28(22)35)14-10-17-34-19-24-25(20-34)27(24)33(4)26(29(36)38-5)21-11-7-6-8-12-21/h6-8,11-12,15-16,24-27H,9-10,13-14,17-20H2,1-5H3/t24-,25+,26?,27?. The van der Waals surface area contributed by atoms with Crippen LogP contribution in [-0.4, -0.2) is 78.8 Å². The minimum atomic E-state index is -0.529. The molecule has 2 fully saturated rings. The van der Waals surface area contributed by atoms with Crippen molar-refractivity contribution in [3.05, 3.63) is 59.3 Å². The van der Waals surface area contributed by atoms with Gasteiger partial charge in [-0.1, -0.05) is 36.4 Å². The predicted molar refractivity (Wildman–Crippen MR) is 151 cm³/mol. The zero-order valence-electron chi connectivity index (χ0n) is 23.9. The van der Waals surface area contributed by atoms with E-state index in [9.17, 15) is 9.59 Å². The van der Waals surface area contributed by atoms with Crippen LogP contribution in [0.3, 0.4) is 0 Å². The highest BCUT2D eigenvalue weighted by molar-refractivity contribution is 5.88. The summed E-state index contributed by atoms with van der Waals surface area (Å²) in [5, 5.41) is 0. The number of benzene rings is 1. The number of carbonyl (C=O) groups is 2. The van der Waals surface area contributed by atoms with E-state index in [0.29, 0.717) is 24.4 Å². The summed E-state index contributed by atoms with van der Waals surface area (Å²) < 4.78 is 10.8. The molecule has 2 aliphatic heterocycles. The van der Waals surface area contributed by atoms with E-state index in [1.807, 2.05) is 51.1 Å². The molecule has 0 radical (unpaired) electrons. The first-order valence-electron chi connectivity index (χ1n) is 14.2. The second-order valence-corrected chi connectivity index (χ2v) is 12.2. The molecule has 210 valence electrons. The lowest BCUT2D eigenvalue weighted by Crippen LogP contribution is -2.40. The van der Waals surface area contributed by atoms with Gasteiger partial charge < -0.3 is 14.4 Å². The van der Waals surface area contributed by atoms with Gasteiger partial charge in [0.15, 0.2) is 0 Å². The smallest absolute Gasteiger partial charge is 0.416 e. The summed E-state index contributed by atoms with van der Waals surface area (Å²) in [5.41, 5.74) is 2.59. The summed E-state index contributed by atoms with van der Waals surface area (Å²) in [6.45, 7) is 9.47. The Balaban J connectivity index is 1.13. The molecule has 3 aliphatic rings. The molecule has 39 heavy (non-hydrogen) atoms. The number of fused-ring (bicyclic) bond motifs is 2. The normalized spacial score (nSPS) is 23.2. The number of anilines is 1. The van der Waals surface area contributed by atoms with Crippen molar-refractivity contribution in [1.82, 2.24) is 14.8 Å². The van der Waals surface area contributed by atoms with Crippen molar-refractivity contribution in [2.45, 2.75) is 64.1 Å². The fourth-order valence-corrected chi connectivity index (χ4v) is 6.42. The Bertz CT molecular complexity index is 1170. The summed E-state index contributed by atoms with van der Waals surface area (Å²) in [7, 11) is 3.53. The lowest BCUT2D eigenvalue weighted by Gasteiger charge is -2.31. The molecule has 1 saturated heterocycles. The largest absolute Gasteiger partial charge is 0.468 e. The zero-order valence-corrected chi connectivity index (χ0v) is 23.9. The zero-order chi connectivity index (χ0) is 27.7. The highest BCUT2D eigenvalue weighted by Gasteiger charge is 2.58. The van der Waals surface area contributed by atoms with Crippen LogP contribution in [0.2, 0.25) is 0 Å². The van der Waals surface area contributed by atoms with Crippen LogP contribution < -0.4 is 4.90 Å². The quantitative estimate of drug-likeness (QED) is 0.463. The first-order valence-corrected chi connectivity index (χ1v) is 14.2. The molecule has 8 nitrogen and oxygen atoms in total. The number of esters is 1. The fourth-order valence-electron chi connectivity index (χ4n) is 6.42. The average molecular weight is 535 g/mol. The first-order chi connectivity index (χ1) is 18.7. The number of aryl methyl sites for hydroxylation is 2. The lowest BCUT2D eigenvalue weighted by atomic mass is 10.0. The minimum Gasteiger partial charge on any atom is -0.468 e. The van der Waals surface area contributed by atoms with Gasteiger partial charge in [-0.2, -0.15) is 0 Å². The van der Waals surface area contributed by atoms with Crippen molar-refractivity contribution in [3.63, 3.8) is 0 Å². The van der Waals surface area contributed by atoms with E-state index in [1.165, 1.54) is 7.11 Å². The van der Waals surface area contributed by atoms with Crippen molar-refractivity contribution in [3.8, 4) is 0 Å². The van der Waals surface area contributed by atoms with Crippen LogP contribution in [-0.2, 0) is 27.1 Å². The summed E-state index contributed by atoms with van der Waals surface area (Å²) >= 11 is 0. The number of carbonyl (C=O) groups excluding carboxylic acids is 2. The van der Waals surface area contributed by atoms with Gasteiger partial charge in [0.25, 0.3) is 0 Å². The van der Waals surface area contributed by atoms with Gasteiger partial charge in [-0.3, -0.25) is 9.80 Å². The van der Waals surface area contributed by atoms with Gasteiger partial charge in [-0.15, -0.1) is 0 Å². The van der Waals surface area contributed by atoms with Crippen molar-refractivity contribution in [2.24, 2.45) is 11.8 Å². The second kappa shape index (κ2) is 11.3. The van der Waals surface area contributed by atoms with Crippen molar-refractivity contribution >= 4 is 17.9 Å². The lowest BCUT2D eigenvalue weighted by molar-refractivity contribution is -0.147. The van der Waals surface area contributed by atoms with E-state index in [2.05, 4.69) is 29.0 Å². The molecule has 3 heterocycles. The molecule has 1 aliphatic carbocycles. The number of methoxy groups -OCH3 is 1. The fraction of sp³-hybridized carbons (Fsp3) is 0.581. The molecule has 0 bridgehead atoms. The Morgan fingerprint density at radius 2 is 1.82 bits per heavy atom. The number of aromatic nitrogens is 1. The Morgan fingerprint density at radius 1 is 1.10 bits per heavy atom. The molecular weight excluding hydrogens is 492 g/mol. The molecule has 2 aromatic rings. The first kappa shape index (κ1) is 27.6. The summed E-state index contributed by atoms with van der Waals surface area (Å²) in [6.07, 6.45) is 3.45. The third kappa shape index (κ3) is 6.12. The molecule has 8 heteroatoms. The SMILES string of the molecule is COC(=O)C(c1ccccc1)N(C)C1[C@H]2CN(CCCc3ccc4c(n3)N(C(=O)OC(C)(C)C)CCC4)C[C@@H]12. The molecule has 1 aromatic carbocycles. The number of piperidine rings is 1. The van der Waals surface area contributed by atoms with Crippen molar-refractivity contribution in [2.75, 3.05) is 45.2 Å². The number of hydrogen-bond donors (Lipinski definition) is 0. The van der Waals surface area contributed by atoms with E-state index < -0.39 is 5.60 Å². The molecule has 5 rings (SSSR count). The third-order valence-corrected chi connectivity index (χ3v) is 8.26. The summed E-state index contributed by atoms with van der Waals surface area (Å²) in [6, 6.07) is 14.2. The van der Waals surface area contributed by atoms with Gasteiger partial charge in [-0.25, -0.2) is 14.6 Å². The highest BCUT2D eigenvalue weighted by atomic mass is 16.6. The van der Waals surface area contributed by atoms with Crippen LogP contribution >= 0.6 is 0 Å². The van der Waals surface area contributed by atoms with Crippen LogP contribution in [0.15, 0.2) is 42.5 Å². The molecular formula is C31H42N4O4. The molecule has 1 amide bonds. The average Bonchev–Trinajstić information content (AvgIpc) is 3.42. The van der Waals surface area contributed by atoms with Crippen LogP contribution in [0.5, 0.6) is 0 Å². The maximum absolute atomic E-state index is 12.8. The van der Waals surface area contributed by atoms with Gasteiger partial charge in [0.05, 0.1) is 7.11 Å². The molecule has 4 atom stereocenters. The van der Waals surface area contributed by atoms with Gasteiger partial charge in [0.2, 0.25) is 0 Å². The molecule has 0 spiro atoms. The Labute approximate surface area is 232 Å². The number of nitrogens with zero attached hydrogens (tertiary/aromatic N) is 4. The summed E-state index contributed by atoms with van der Waals surface area (Å²) in [4.78, 5) is 36.8. The predicted octanol–water partition coefficient (Wildman–Crippen LogP) is 4.48. The number of ether oxygens (including phenoxy) is 2. The topological polar surface area (TPSA) is 75.2 Å². The van der Waals surface area contributed by atoms with Gasteiger partial charge >= 0.3 is 12.1 Å². The van der Waals surface area contributed by atoms with E-state index in [1.54, 1.807) is 4.90 Å². The van der Waals surface area contributed by atoms with Gasteiger partial charge in [0, 0.05) is 31.4 Å². The van der Waals surface area contributed by atoms with Gasteiger partial charge in [0.1, 0.15) is 17.5 Å². The molecule has 1 saturated carbocycles.